The summed E-state index contributed by atoms with van der Waals surface area (Å²) in [5, 5.41) is 2.98. The second-order valence-electron chi connectivity index (χ2n) is 12.6. The molecule has 0 bridgehead atoms. The summed E-state index contributed by atoms with van der Waals surface area (Å²) < 4.78 is 5.34. The molecular formula is C34H54N4O4S2. The van der Waals surface area contributed by atoms with Gasteiger partial charge in [0.2, 0.25) is 5.91 Å². The van der Waals surface area contributed by atoms with Crippen molar-refractivity contribution in [3.05, 3.63) is 35.4 Å². The van der Waals surface area contributed by atoms with E-state index in [0.29, 0.717) is 16.3 Å². The van der Waals surface area contributed by atoms with Gasteiger partial charge in [0.15, 0.2) is 5.17 Å². The lowest BCUT2D eigenvalue weighted by Gasteiger charge is -2.25. The summed E-state index contributed by atoms with van der Waals surface area (Å²) >= 11 is 6.32. The summed E-state index contributed by atoms with van der Waals surface area (Å²) in [5.41, 5.74) is 6.24. The van der Waals surface area contributed by atoms with Crippen LogP contribution < -0.4 is 11.1 Å². The number of thioether (sulfide) groups is 1. The largest absolute Gasteiger partial charge is 0.460 e. The highest BCUT2D eigenvalue weighted by atomic mass is 32.2. The molecule has 1 aromatic carbocycles. The number of esters is 1. The smallest absolute Gasteiger partial charge is 0.308 e. The Morgan fingerprint density at radius 3 is 1.98 bits per heavy atom. The summed E-state index contributed by atoms with van der Waals surface area (Å²) in [6.07, 6.45) is 15.2. The minimum atomic E-state index is -0.570. The van der Waals surface area contributed by atoms with Crippen molar-refractivity contribution < 1.29 is 19.1 Å². The van der Waals surface area contributed by atoms with Gasteiger partial charge in [0.05, 0.1) is 6.42 Å². The molecule has 1 aliphatic heterocycles. The molecule has 0 radical (unpaired) electrons. The average Bonchev–Trinajstić information content (AvgIpc) is 3.27. The quantitative estimate of drug-likeness (QED) is 0.0924. The van der Waals surface area contributed by atoms with E-state index in [9.17, 15) is 14.4 Å². The van der Waals surface area contributed by atoms with Gasteiger partial charge >= 0.3 is 5.97 Å². The van der Waals surface area contributed by atoms with Crippen LogP contribution in [-0.2, 0) is 14.3 Å². The fraction of sp³-hybridized carbons (Fsp3) is 0.676. The highest BCUT2D eigenvalue weighted by Gasteiger charge is 2.40. The van der Waals surface area contributed by atoms with E-state index < -0.39 is 10.9 Å². The normalized spacial score (nSPS) is 17.6. The van der Waals surface area contributed by atoms with E-state index >= 15 is 0 Å². The molecule has 246 valence electrons. The minimum Gasteiger partial charge on any atom is -0.460 e. The van der Waals surface area contributed by atoms with Crippen LogP contribution in [0.1, 0.15) is 134 Å². The fourth-order valence-electron chi connectivity index (χ4n) is 5.11. The molecule has 0 saturated carbocycles. The number of aliphatic imine (C=N–C) groups is 1. The molecule has 44 heavy (non-hydrogen) atoms. The summed E-state index contributed by atoms with van der Waals surface area (Å²) in [4.78, 5) is 45.2. The van der Waals surface area contributed by atoms with Crippen LogP contribution in [0, 0.1) is 0 Å². The molecule has 0 aromatic heterocycles. The number of hydrogen-bond donors (Lipinski definition) is 2. The average molecular weight is 647 g/mol. The van der Waals surface area contributed by atoms with Gasteiger partial charge in [-0.1, -0.05) is 114 Å². The number of amides is 2. The zero-order valence-electron chi connectivity index (χ0n) is 27.5. The highest BCUT2D eigenvalue weighted by molar-refractivity contribution is 8.15. The lowest BCUT2D eigenvalue weighted by molar-refractivity contribution is -0.154. The number of ether oxygens (including phenoxy) is 1. The highest BCUT2D eigenvalue weighted by Crippen LogP contribution is 2.33. The summed E-state index contributed by atoms with van der Waals surface area (Å²) in [6.45, 7) is 10.6. The minimum absolute atomic E-state index is 0.0962. The maximum Gasteiger partial charge on any atom is 0.308 e. The number of hydrogen-bond acceptors (Lipinski definition) is 6. The Labute approximate surface area is 274 Å². The maximum absolute atomic E-state index is 13.2. The Morgan fingerprint density at radius 1 is 0.932 bits per heavy atom. The molecule has 0 aliphatic carbocycles. The van der Waals surface area contributed by atoms with Crippen molar-refractivity contribution in [1.82, 2.24) is 10.2 Å². The van der Waals surface area contributed by atoms with E-state index in [-0.39, 0.29) is 41.8 Å². The Morgan fingerprint density at radius 2 is 1.45 bits per heavy atom. The standard InChI is InChI=1S/C34H54N4O4S2/c1-6-7-8-9-10-11-12-13-14-15-16-17-24-38-25(2)29(32(41)36-23-22-28(39)42-34(3,4)5)44-33(38)37-31(40)27-20-18-26(19-21-27)30(35)43/h18-21,25,29H,6-17,22-24H2,1-5H3,(H2,35,43)(H,36,41). The number of benzene rings is 1. The zero-order valence-corrected chi connectivity index (χ0v) is 29.1. The van der Waals surface area contributed by atoms with Crippen molar-refractivity contribution in [1.29, 1.82) is 0 Å². The molecule has 2 rings (SSSR count). The van der Waals surface area contributed by atoms with Crippen LogP contribution in [0.3, 0.4) is 0 Å². The van der Waals surface area contributed by atoms with Crippen LogP contribution in [-0.4, -0.2) is 62.8 Å². The second kappa shape index (κ2) is 19.8. The van der Waals surface area contributed by atoms with Gasteiger partial charge in [-0.2, -0.15) is 4.99 Å². The predicted octanol–water partition coefficient (Wildman–Crippen LogP) is 7.17. The van der Waals surface area contributed by atoms with Gasteiger partial charge in [0.1, 0.15) is 15.8 Å². The molecule has 1 aromatic rings. The summed E-state index contributed by atoms with van der Waals surface area (Å²) in [5.74, 6) is -0.906. The van der Waals surface area contributed by atoms with Crippen molar-refractivity contribution in [2.45, 2.75) is 135 Å². The molecule has 2 atom stereocenters. The third-order valence-corrected chi connectivity index (χ3v) is 9.21. The Bertz CT molecular complexity index is 1100. The summed E-state index contributed by atoms with van der Waals surface area (Å²) in [7, 11) is 0. The van der Waals surface area contributed by atoms with E-state index in [4.69, 9.17) is 22.7 Å². The lowest BCUT2D eigenvalue weighted by Crippen LogP contribution is -2.43. The van der Waals surface area contributed by atoms with Crippen LogP contribution in [0.2, 0.25) is 0 Å². The van der Waals surface area contributed by atoms with Gasteiger partial charge in [0.25, 0.3) is 5.91 Å². The first-order valence-corrected chi connectivity index (χ1v) is 17.7. The van der Waals surface area contributed by atoms with E-state index in [1.165, 1.54) is 76.0 Å². The number of nitrogens with two attached hydrogens (primary N) is 1. The third-order valence-electron chi connectivity index (χ3n) is 7.58. The van der Waals surface area contributed by atoms with Gasteiger partial charge in [-0.05, 0) is 46.2 Å². The van der Waals surface area contributed by atoms with Crippen molar-refractivity contribution >= 4 is 51.9 Å². The first kappa shape index (κ1) is 37.7. The van der Waals surface area contributed by atoms with Gasteiger partial charge < -0.3 is 20.7 Å². The molecule has 2 unspecified atom stereocenters. The van der Waals surface area contributed by atoms with Crippen LogP contribution in [0.15, 0.2) is 29.3 Å². The van der Waals surface area contributed by atoms with E-state index in [0.717, 1.165) is 19.4 Å². The van der Waals surface area contributed by atoms with Crippen molar-refractivity contribution in [3.63, 3.8) is 0 Å². The Kier molecular flexibility index (Phi) is 17.0. The van der Waals surface area contributed by atoms with Gasteiger partial charge in [-0.25, -0.2) is 0 Å². The molecule has 1 aliphatic rings. The van der Waals surface area contributed by atoms with Crippen molar-refractivity contribution in [3.8, 4) is 0 Å². The molecule has 1 saturated heterocycles. The van der Waals surface area contributed by atoms with Crippen LogP contribution in [0.4, 0.5) is 0 Å². The van der Waals surface area contributed by atoms with Gasteiger partial charge in [0, 0.05) is 30.3 Å². The molecule has 1 fully saturated rings. The van der Waals surface area contributed by atoms with Crippen LogP contribution >= 0.6 is 24.0 Å². The lowest BCUT2D eigenvalue weighted by atomic mass is 10.1. The number of unbranched alkanes of at least 4 members (excludes halogenated alkanes) is 11. The molecule has 10 heteroatoms. The van der Waals surface area contributed by atoms with E-state index in [1.54, 1.807) is 24.3 Å². The molecule has 3 N–H and O–H groups in total. The van der Waals surface area contributed by atoms with Crippen molar-refractivity contribution in [2.24, 2.45) is 10.7 Å². The zero-order chi connectivity index (χ0) is 32.5. The third kappa shape index (κ3) is 14.1. The topological polar surface area (TPSA) is 114 Å². The van der Waals surface area contributed by atoms with Gasteiger partial charge in [-0.3, -0.25) is 14.4 Å². The predicted molar refractivity (Wildman–Crippen MR) is 186 cm³/mol. The molecular weight excluding hydrogens is 593 g/mol. The Balaban J connectivity index is 1.95. The van der Waals surface area contributed by atoms with E-state index in [1.807, 2.05) is 27.7 Å². The van der Waals surface area contributed by atoms with E-state index in [2.05, 4.69) is 22.1 Å². The number of rotatable bonds is 19. The fourth-order valence-corrected chi connectivity index (χ4v) is 6.54. The van der Waals surface area contributed by atoms with Crippen LogP contribution in [0.25, 0.3) is 0 Å². The molecule has 0 spiro atoms. The number of carbonyl (C=O) groups is 3. The first-order chi connectivity index (χ1) is 20.9. The number of amidine groups is 1. The second-order valence-corrected chi connectivity index (χ2v) is 14.2. The number of carbonyl (C=O) groups excluding carboxylic acids is 3. The van der Waals surface area contributed by atoms with Gasteiger partial charge in [-0.15, -0.1) is 0 Å². The molecule has 8 nitrogen and oxygen atoms in total. The Hall–Kier alpha value is -2.46. The summed E-state index contributed by atoms with van der Waals surface area (Å²) in [6, 6.07) is 6.61. The number of nitrogens with zero attached hydrogens (tertiary/aromatic N) is 2. The maximum atomic E-state index is 13.2. The monoisotopic (exact) mass is 646 g/mol. The number of nitrogens with one attached hydrogen (secondary N) is 1. The SMILES string of the molecule is CCCCCCCCCCCCCCN1C(=NC(=O)c2ccc(C(N)=S)cc2)SC(C(=O)NCCC(=O)OC(C)(C)C)C1C. The number of thiocarbonyl (C=S) groups is 1. The van der Waals surface area contributed by atoms with Crippen LogP contribution in [0.5, 0.6) is 0 Å². The first-order valence-electron chi connectivity index (χ1n) is 16.4. The molecule has 2 amide bonds. The molecule has 1 heterocycles. The van der Waals surface area contributed by atoms with Crippen molar-refractivity contribution in [2.75, 3.05) is 13.1 Å².